The first-order valence-electron chi connectivity index (χ1n) is 5.34. The van der Waals surface area contributed by atoms with Crippen LogP contribution in [-0.2, 0) is 4.79 Å². The molecule has 0 aliphatic carbocycles. The molecule has 1 rings (SSSR count). The van der Waals surface area contributed by atoms with E-state index in [1.807, 2.05) is 0 Å². The molecule has 0 aromatic carbocycles. The quantitative estimate of drug-likeness (QED) is 0.699. The number of hydrogen-bond donors (Lipinski definition) is 1. The number of hydrogen-bond acceptors (Lipinski definition) is 1. The van der Waals surface area contributed by atoms with E-state index in [0.717, 1.165) is 25.3 Å². The van der Waals surface area contributed by atoms with Crippen LogP contribution < -0.4 is 5.32 Å². The highest BCUT2D eigenvalue weighted by atomic mass is 16.2. The van der Waals surface area contributed by atoms with Gasteiger partial charge in [-0.3, -0.25) is 4.79 Å². The van der Waals surface area contributed by atoms with Gasteiger partial charge in [0.25, 0.3) is 0 Å². The Bertz CT molecular complexity index is 187. The van der Waals surface area contributed by atoms with E-state index in [4.69, 9.17) is 0 Å². The molecule has 1 saturated heterocycles. The Morgan fingerprint density at radius 2 is 2.23 bits per heavy atom. The van der Waals surface area contributed by atoms with Gasteiger partial charge in [0, 0.05) is 12.0 Å². The van der Waals surface area contributed by atoms with E-state index in [-0.39, 0.29) is 11.3 Å². The second-order valence-electron chi connectivity index (χ2n) is 4.79. The van der Waals surface area contributed by atoms with Crippen LogP contribution in [0.4, 0.5) is 0 Å². The Balaban J connectivity index is 2.59. The summed E-state index contributed by atoms with van der Waals surface area (Å²) in [5, 5.41) is 2.98. The average Bonchev–Trinajstić information content (AvgIpc) is 2.13. The lowest BCUT2D eigenvalue weighted by molar-refractivity contribution is -0.129. The largest absolute Gasteiger partial charge is 0.356 e. The van der Waals surface area contributed by atoms with E-state index in [9.17, 15) is 4.79 Å². The van der Waals surface area contributed by atoms with Gasteiger partial charge in [-0.1, -0.05) is 33.6 Å². The molecule has 1 N–H and O–H groups in total. The number of rotatable bonds is 2. The molecule has 1 fully saturated rings. The summed E-state index contributed by atoms with van der Waals surface area (Å²) in [7, 11) is 0. The van der Waals surface area contributed by atoms with Crippen molar-refractivity contribution in [2.45, 2.75) is 46.5 Å². The molecule has 0 radical (unpaired) electrons. The molecule has 1 heterocycles. The van der Waals surface area contributed by atoms with Gasteiger partial charge in [-0.25, -0.2) is 0 Å². The van der Waals surface area contributed by atoms with Crippen molar-refractivity contribution in [1.29, 1.82) is 0 Å². The highest BCUT2D eigenvalue weighted by molar-refractivity contribution is 5.81. The summed E-state index contributed by atoms with van der Waals surface area (Å²) in [5.74, 6) is 0.963. The molecule has 0 spiro atoms. The molecule has 1 aliphatic heterocycles. The number of nitrogens with one attached hydrogen (secondary N) is 1. The fourth-order valence-electron chi connectivity index (χ4n) is 2.20. The van der Waals surface area contributed by atoms with E-state index < -0.39 is 0 Å². The van der Waals surface area contributed by atoms with Crippen molar-refractivity contribution in [3.8, 4) is 0 Å². The van der Waals surface area contributed by atoms with Crippen molar-refractivity contribution in [3.63, 3.8) is 0 Å². The first-order valence-corrected chi connectivity index (χ1v) is 5.34. The Kier molecular flexibility index (Phi) is 3.34. The first kappa shape index (κ1) is 10.6. The molecule has 76 valence electrons. The maximum atomic E-state index is 11.6. The Morgan fingerprint density at radius 1 is 1.54 bits per heavy atom. The van der Waals surface area contributed by atoms with Crippen molar-refractivity contribution in [3.05, 3.63) is 0 Å². The molecule has 1 amide bonds. The second-order valence-corrected chi connectivity index (χ2v) is 4.79. The molecule has 2 nitrogen and oxygen atoms in total. The molecule has 0 aromatic heterocycles. The summed E-state index contributed by atoms with van der Waals surface area (Å²) >= 11 is 0. The third-order valence-corrected chi connectivity index (χ3v) is 2.95. The fraction of sp³-hybridized carbons (Fsp3) is 0.909. The highest BCUT2D eigenvalue weighted by Crippen LogP contribution is 2.31. The van der Waals surface area contributed by atoms with Crippen molar-refractivity contribution in [2.24, 2.45) is 11.3 Å². The Morgan fingerprint density at radius 3 is 2.85 bits per heavy atom. The van der Waals surface area contributed by atoms with Crippen LogP contribution in [0.2, 0.25) is 0 Å². The van der Waals surface area contributed by atoms with E-state index in [1.165, 1.54) is 12.8 Å². The highest BCUT2D eigenvalue weighted by Gasteiger charge is 2.32. The van der Waals surface area contributed by atoms with Crippen LogP contribution in [0.5, 0.6) is 0 Å². The maximum absolute atomic E-state index is 11.6. The number of carbonyl (C=O) groups excluding carboxylic acids is 1. The zero-order valence-electron chi connectivity index (χ0n) is 9.02. The summed E-state index contributed by atoms with van der Waals surface area (Å²) < 4.78 is 0. The summed E-state index contributed by atoms with van der Waals surface area (Å²) in [4.78, 5) is 11.6. The van der Waals surface area contributed by atoms with Crippen molar-refractivity contribution in [2.75, 3.05) is 6.54 Å². The molecule has 0 saturated carbocycles. The van der Waals surface area contributed by atoms with Crippen LogP contribution >= 0.6 is 0 Å². The molecule has 13 heavy (non-hydrogen) atoms. The van der Waals surface area contributed by atoms with E-state index in [1.54, 1.807) is 0 Å². The Hall–Kier alpha value is -0.530. The first-order chi connectivity index (χ1) is 6.06. The molecule has 0 bridgehead atoms. The number of amides is 1. The normalized spacial score (nSPS) is 27.9. The van der Waals surface area contributed by atoms with Crippen molar-refractivity contribution in [1.82, 2.24) is 5.32 Å². The predicted octanol–water partition coefficient (Wildman–Crippen LogP) is 2.34. The topological polar surface area (TPSA) is 29.1 Å². The lowest BCUT2D eigenvalue weighted by Gasteiger charge is -2.23. The maximum Gasteiger partial charge on any atom is 0.225 e. The van der Waals surface area contributed by atoms with E-state index >= 15 is 0 Å². The van der Waals surface area contributed by atoms with Gasteiger partial charge >= 0.3 is 0 Å². The van der Waals surface area contributed by atoms with Crippen LogP contribution in [0.1, 0.15) is 46.5 Å². The minimum absolute atomic E-state index is 0.156. The van der Waals surface area contributed by atoms with Crippen LogP contribution in [0.25, 0.3) is 0 Å². The van der Waals surface area contributed by atoms with Gasteiger partial charge in [0.05, 0.1) is 0 Å². The molecular formula is C11H21NO. The van der Waals surface area contributed by atoms with Gasteiger partial charge in [0.1, 0.15) is 0 Å². The fourth-order valence-corrected chi connectivity index (χ4v) is 2.20. The van der Waals surface area contributed by atoms with Gasteiger partial charge in [-0.05, 0) is 18.8 Å². The van der Waals surface area contributed by atoms with Gasteiger partial charge < -0.3 is 5.32 Å². The van der Waals surface area contributed by atoms with Gasteiger partial charge in [-0.2, -0.15) is 0 Å². The summed E-state index contributed by atoms with van der Waals surface area (Å²) in [6.07, 6.45) is 4.70. The summed E-state index contributed by atoms with van der Waals surface area (Å²) in [6.45, 7) is 7.19. The van der Waals surface area contributed by atoms with Crippen LogP contribution in [0.15, 0.2) is 0 Å². The minimum atomic E-state index is -0.156. The SMILES string of the molecule is CCCC1CCNC(=O)C(C)(C)C1. The summed E-state index contributed by atoms with van der Waals surface area (Å²) in [5.41, 5.74) is -0.156. The molecule has 1 atom stereocenters. The zero-order chi connectivity index (χ0) is 9.90. The monoisotopic (exact) mass is 183 g/mol. The number of carbonyl (C=O) groups is 1. The third-order valence-electron chi connectivity index (χ3n) is 2.95. The summed E-state index contributed by atoms with van der Waals surface area (Å²) in [6, 6.07) is 0. The smallest absolute Gasteiger partial charge is 0.225 e. The lowest BCUT2D eigenvalue weighted by Crippen LogP contribution is -2.35. The van der Waals surface area contributed by atoms with Gasteiger partial charge in [0.15, 0.2) is 0 Å². The molecule has 0 aromatic rings. The molecular weight excluding hydrogens is 162 g/mol. The van der Waals surface area contributed by atoms with Crippen molar-refractivity contribution >= 4 is 5.91 Å². The average molecular weight is 183 g/mol. The predicted molar refractivity (Wildman–Crippen MR) is 54.4 cm³/mol. The minimum Gasteiger partial charge on any atom is -0.356 e. The third kappa shape index (κ3) is 2.71. The zero-order valence-corrected chi connectivity index (χ0v) is 9.02. The van der Waals surface area contributed by atoms with Gasteiger partial charge in [0.2, 0.25) is 5.91 Å². The van der Waals surface area contributed by atoms with Crippen LogP contribution in [0, 0.1) is 11.3 Å². The second kappa shape index (κ2) is 4.12. The molecule has 2 heteroatoms. The Labute approximate surface area is 81.1 Å². The van der Waals surface area contributed by atoms with E-state index in [0.29, 0.717) is 0 Å². The van der Waals surface area contributed by atoms with E-state index in [2.05, 4.69) is 26.1 Å². The molecule has 1 unspecified atom stereocenters. The van der Waals surface area contributed by atoms with Crippen molar-refractivity contribution < 1.29 is 4.79 Å². The van der Waals surface area contributed by atoms with Crippen LogP contribution in [0.3, 0.4) is 0 Å². The molecule has 1 aliphatic rings. The van der Waals surface area contributed by atoms with Crippen LogP contribution in [-0.4, -0.2) is 12.5 Å². The lowest BCUT2D eigenvalue weighted by atomic mass is 9.80. The standard InChI is InChI=1S/C11H21NO/c1-4-5-9-6-7-12-10(13)11(2,3)8-9/h9H,4-8H2,1-3H3,(H,12,13). The van der Waals surface area contributed by atoms with Gasteiger partial charge in [-0.15, -0.1) is 0 Å².